The van der Waals surface area contributed by atoms with Gasteiger partial charge in [0.1, 0.15) is 0 Å². The van der Waals surface area contributed by atoms with Crippen LogP contribution in [0.3, 0.4) is 0 Å². The zero-order valence-corrected chi connectivity index (χ0v) is 8.32. The van der Waals surface area contributed by atoms with E-state index in [9.17, 15) is 0 Å². The number of hydrogen-bond acceptors (Lipinski definition) is 0. The lowest BCUT2D eigenvalue weighted by atomic mass is 9.81. The average molecular weight is 186 g/mol. The number of rotatable bonds is 0. The summed E-state index contributed by atoms with van der Waals surface area (Å²) in [6, 6.07) is 0. The molecule has 2 aliphatic rings. The molecule has 0 radical (unpaired) electrons. The van der Waals surface area contributed by atoms with Crippen LogP contribution in [-0.2, 0) is 0 Å². The van der Waals surface area contributed by atoms with Crippen LogP contribution < -0.4 is 0 Å². The molecule has 0 aromatic carbocycles. The van der Waals surface area contributed by atoms with Crippen LogP contribution in [0.25, 0.3) is 0 Å². The molecule has 0 saturated heterocycles. The van der Waals surface area contributed by atoms with Crippen LogP contribution in [0.1, 0.15) is 74.1 Å². The van der Waals surface area contributed by atoms with E-state index in [1.807, 2.05) is 13.8 Å². The fourth-order valence-electron chi connectivity index (χ4n) is 2.05. The lowest BCUT2D eigenvalue weighted by Gasteiger charge is -2.25. The molecular weight excluding hydrogens is 156 g/mol. The van der Waals surface area contributed by atoms with Crippen molar-refractivity contribution in [3.05, 3.63) is 0 Å². The first-order valence-electron chi connectivity index (χ1n) is 5.31. The first kappa shape index (κ1) is 15.5. The summed E-state index contributed by atoms with van der Waals surface area (Å²) in [5, 5.41) is 0. The molecule has 0 aromatic heterocycles. The third-order valence-corrected chi connectivity index (χ3v) is 3.29. The highest BCUT2D eigenvalue weighted by Crippen LogP contribution is 2.56. The zero-order chi connectivity index (χ0) is 8.32. The summed E-state index contributed by atoms with van der Waals surface area (Å²) in [5.41, 5.74) is 0.909. The van der Waals surface area contributed by atoms with Crippen molar-refractivity contribution >= 4 is 0 Å². The lowest BCUT2D eigenvalue weighted by Crippen LogP contribution is -2.12. The summed E-state index contributed by atoms with van der Waals surface area (Å²) < 4.78 is 0. The van der Waals surface area contributed by atoms with Crippen LogP contribution >= 0.6 is 0 Å². The van der Waals surface area contributed by atoms with E-state index in [4.69, 9.17) is 0 Å². The Balaban J connectivity index is 0. The topological polar surface area (TPSA) is 0 Å². The third kappa shape index (κ3) is 4.15. The van der Waals surface area contributed by atoms with E-state index in [-0.39, 0.29) is 14.9 Å². The molecule has 0 nitrogen and oxygen atoms in total. The van der Waals surface area contributed by atoms with E-state index in [0.29, 0.717) is 0 Å². The Labute approximate surface area is 86.1 Å². The van der Waals surface area contributed by atoms with Crippen molar-refractivity contribution in [1.29, 1.82) is 0 Å². The van der Waals surface area contributed by atoms with Crippen molar-refractivity contribution in [2.75, 3.05) is 0 Å². The molecule has 0 atom stereocenters. The highest BCUT2D eigenvalue weighted by Gasteiger charge is 2.43. The maximum absolute atomic E-state index is 2.40. The summed E-state index contributed by atoms with van der Waals surface area (Å²) >= 11 is 0. The van der Waals surface area contributed by atoms with Gasteiger partial charge in [-0.05, 0) is 37.0 Å². The van der Waals surface area contributed by atoms with Gasteiger partial charge < -0.3 is 0 Å². The normalized spacial score (nSPS) is 23.3. The molecule has 0 bridgehead atoms. The van der Waals surface area contributed by atoms with E-state index in [2.05, 4.69) is 6.92 Å². The molecule has 2 fully saturated rings. The number of hydrogen-bond donors (Lipinski definition) is 0. The fraction of sp³-hybridized carbons (Fsp3) is 1.00. The Kier molecular flexibility index (Phi) is 7.68. The first-order valence-corrected chi connectivity index (χ1v) is 5.31. The summed E-state index contributed by atoms with van der Waals surface area (Å²) in [6.45, 7) is 6.40. The summed E-state index contributed by atoms with van der Waals surface area (Å²) in [5.74, 6) is 1.04. The Hall–Kier alpha value is 0. The van der Waals surface area contributed by atoms with Crippen LogP contribution in [0, 0.1) is 11.3 Å². The monoisotopic (exact) mass is 186 g/mol. The molecule has 0 heteroatoms. The molecule has 0 amide bonds. The van der Waals surface area contributed by atoms with E-state index in [0.717, 1.165) is 11.3 Å². The second kappa shape index (κ2) is 6.45. The van der Waals surface area contributed by atoms with Crippen molar-refractivity contribution in [3.8, 4) is 0 Å². The van der Waals surface area contributed by atoms with Gasteiger partial charge in [-0.3, -0.25) is 0 Å². The van der Waals surface area contributed by atoms with Gasteiger partial charge in [0.15, 0.2) is 0 Å². The van der Waals surface area contributed by atoms with Gasteiger partial charge in [-0.1, -0.05) is 48.5 Å². The van der Waals surface area contributed by atoms with Crippen molar-refractivity contribution in [2.45, 2.75) is 74.1 Å². The Morgan fingerprint density at radius 3 is 1.54 bits per heavy atom. The lowest BCUT2D eigenvalue weighted by molar-refractivity contribution is 0.271. The van der Waals surface area contributed by atoms with Gasteiger partial charge in [0.25, 0.3) is 0 Å². The van der Waals surface area contributed by atoms with Crippen molar-refractivity contribution < 1.29 is 0 Å². The maximum Gasteiger partial charge on any atom is -0.0297 e. The predicted octanol–water partition coefficient (Wildman–Crippen LogP) is 5.28. The largest absolute Gasteiger partial charge is 0.0776 e. The van der Waals surface area contributed by atoms with Crippen LogP contribution in [0.4, 0.5) is 0 Å². The van der Waals surface area contributed by atoms with Gasteiger partial charge >= 0.3 is 0 Å². The second-order valence-electron chi connectivity index (χ2n) is 4.18. The zero-order valence-electron chi connectivity index (χ0n) is 8.32. The molecule has 82 valence electrons. The van der Waals surface area contributed by atoms with Crippen molar-refractivity contribution in [3.63, 3.8) is 0 Å². The van der Waals surface area contributed by atoms with E-state index >= 15 is 0 Å². The van der Waals surface area contributed by atoms with Gasteiger partial charge in [-0.25, -0.2) is 0 Å². The van der Waals surface area contributed by atoms with Crippen LogP contribution in [0.15, 0.2) is 0 Å². The molecule has 2 aliphatic carbocycles. The molecule has 13 heavy (non-hydrogen) atoms. The summed E-state index contributed by atoms with van der Waals surface area (Å²) in [4.78, 5) is 0. The molecule has 1 spiro atoms. The van der Waals surface area contributed by atoms with Crippen LogP contribution in [0.2, 0.25) is 0 Å². The molecule has 0 heterocycles. The van der Waals surface area contributed by atoms with Crippen molar-refractivity contribution in [2.24, 2.45) is 11.3 Å². The minimum atomic E-state index is 0. The SMILES string of the molecule is C.C.CC.CC1CCC2(CC1)CC2. The molecular formula is C13H30. The molecule has 0 unspecified atom stereocenters. The van der Waals surface area contributed by atoms with Crippen molar-refractivity contribution in [1.82, 2.24) is 0 Å². The molecule has 0 aliphatic heterocycles. The fourth-order valence-corrected chi connectivity index (χ4v) is 2.05. The van der Waals surface area contributed by atoms with Gasteiger partial charge in [0.05, 0.1) is 0 Å². The quantitative estimate of drug-likeness (QED) is 0.483. The molecule has 2 rings (SSSR count). The molecule has 2 saturated carbocycles. The van der Waals surface area contributed by atoms with E-state index in [1.54, 1.807) is 25.7 Å². The summed E-state index contributed by atoms with van der Waals surface area (Å²) in [7, 11) is 0. The second-order valence-corrected chi connectivity index (χ2v) is 4.18. The van der Waals surface area contributed by atoms with Gasteiger partial charge in [0.2, 0.25) is 0 Å². The highest BCUT2D eigenvalue weighted by molar-refractivity contribution is 4.95. The van der Waals surface area contributed by atoms with Crippen LogP contribution in [-0.4, -0.2) is 0 Å². The minimum Gasteiger partial charge on any atom is -0.0776 e. The third-order valence-electron chi connectivity index (χ3n) is 3.29. The Bertz CT molecular complexity index is 101. The van der Waals surface area contributed by atoms with E-state index in [1.165, 1.54) is 12.8 Å². The molecule has 0 N–H and O–H groups in total. The maximum atomic E-state index is 2.40. The Morgan fingerprint density at radius 1 is 0.846 bits per heavy atom. The summed E-state index contributed by atoms with van der Waals surface area (Å²) in [6.07, 6.45) is 9.24. The minimum absolute atomic E-state index is 0. The van der Waals surface area contributed by atoms with Crippen LogP contribution in [0.5, 0.6) is 0 Å². The van der Waals surface area contributed by atoms with Gasteiger partial charge in [0, 0.05) is 0 Å². The van der Waals surface area contributed by atoms with E-state index < -0.39 is 0 Å². The standard InChI is InChI=1S/C9H16.C2H6.2CH4/c1-8-2-4-9(5-3-8)6-7-9;1-2;;/h8H,2-7H2,1H3;1-2H3;2*1H4. The first-order chi connectivity index (χ1) is 5.31. The Morgan fingerprint density at radius 2 is 1.23 bits per heavy atom. The predicted molar refractivity (Wildman–Crippen MR) is 64.1 cm³/mol. The smallest absolute Gasteiger partial charge is 0.0297 e. The molecule has 0 aromatic rings. The van der Waals surface area contributed by atoms with Gasteiger partial charge in [-0.15, -0.1) is 0 Å². The highest BCUT2D eigenvalue weighted by atomic mass is 14.5. The average Bonchev–Trinajstić information content (AvgIpc) is 2.81. The van der Waals surface area contributed by atoms with Gasteiger partial charge in [-0.2, -0.15) is 0 Å².